The first-order chi connectivity index (χ1) is 16.2. The van der Waals surface area contributed by atoms with Gasteiger partial charge in [-0.25, -0.2) is 4.79 Å². The van der Waals surface area contributed by atoms with Crippen LogP contribution in [0.1, 0.15) is 78.2 Å². The van der Waals surface area contributed by atoms with Crippen LogP contribution in [0.25, 0.3) is 10.8 Å². The third-order valence-corrected chi connectivity index (χ3v) is 8.34. The van der Waals surface area contributed by atoms with Gasteiger partial charge in [0, 0.05) is 12.0 Å². The van der Waals surface area contributed by atoms with Crippen molar-refractivity contribution in [3.8, 4) is 5.75 Å². The number of fused-ring (bicyclic) bond motifs is 1. The van der Waals surface area contributed by atoms with Gasteiger partial charge in [0.15, 0.2) is 0 Å². The van der Waals surface area contributed by atoms with Crippen molar-refractivity contribution in [2.24, 2.45) is 17.3 Å². The number of carboxylic acids is 1. The largest absolute Gasteiger partial charge is 0.497 e. The normalized spacial score (nSPS) is 23.0. The highest BCUT2D eigenvalue weighted by atomic mass is 16.5. The molecule has 1 saturated heterocycles. The molecule has 5 heteroatoms. The van der Waals surface area contributed by atoms with Crippen LogP contribution in [-0.2, 0) is 9.59 Å². The summed E-state index contributed by atoms with van der Waals surface area (Å²) in [6.07, 6.45) is 4.73. The fraction of sp³-hybridized carbons (Fsp3) is 0.586. The number of rotatable bonds is 10. The van der Waals surface area contributed by atoms with Crippen molar-refractivity contribution in [1.82, 2.24) is 4.90 Å². The molecular formula is C29H41NO4. The number of ether oxygens (including phenoxy) is 1. The molecule has 0 aromatic heterocycles. The first-order valence-electron chi connectivity index (χ1n) is 12.8. The lowest BCUT2D eigenvalue weighted by molar-refractivity contribution is -0.155. The predicted molar refractivity (Wildman–Crippen MR) is 137 cm³/mol. The highest BCUT2D eigenvalue weighted by molar-refractivity contribution is 5.91. The van der Waals surface area contributed by atoms with Crippen LogP contribution in [0.5, 0.6) is 5.75 Å². The summed E-state index contributed by atoms with van der Waals surface area (Å²) in [4.78, 5) is 28.2. The lowest BCUT2D eigenvalue weighted by atomic mass is 9.60. The zero-order chi connectivity index (χ0) is 25.0. The molecule has 0 radical (unpaired) electrons. The third kappa shape index (κ3) is 4.67. The predicted octanol–water partition coefficient (Wildman–Crippen LogP) is 6.50. The smallest absolute Gasteiger partial charge is 0.327 e. The van der Waals surface area contributed by atoms with Gasteiger partial charge in [-0.05, 0) is 53.6 Å². The molecule has 1 aliphatic rings. The lowest BCUT2D eigenvalue weighted by Crippen LogP contribution is -2.54. The summed E-state index contributed by atoms with van der Waals surface area (Å²) in [5.74, 6) is -0.0894. The zero-order valence-corrected chi connectivity index (χ0v) is 21.6. The molecule has 3 rings (SSSR count). The molecule has 1 aliphatic heterocycles. The van der Waals surface area contributed by atoms with Gasteiger partial charge in [0.25, 0.3) is 0 Å². The van der Waals surface area contributed by atoms with Gasteiger partial charge in [0.1, 0.15) is 11.8 Å². The van der Waals surface area contributed by atoms with Crippen LogP contribution in [0, 0.1) is 17.3 Å². The number of carbonyl (C=O) groups excluding carboxylic acids is 1. The average Bonchev–Trinajstić information content (AvgIpc) is 3.25. The van der Waals surface area contributed by atoms with E-state index < -0.39 is 23.3 Å². The minimum atomic E-state index is -0.866. The molecule has 1 heterocycles. The maximum absolute atomic E-state index is 13.8. The molecule has 0 spiro atoms. The third-order valence-electron chi connectivity index (χ3n) is 8.34. The second-order valence-electron chi connectivity index (χ2n) is 10.2. The Morgan fingerprint density at radius 2 is 1.62 bits per heavy atom. The Morgan fingerprint density at radius 3 is 2.18 bits per heavy atom. The van der Waals surface area contributed by atoms with Crippen LogP contribution >= 0.6 is 0 Å². The summed E-state index contributed by atoms with van der Waals surface area (Å²) in [6, 6.07) is 11.1. The van der Waals surface area contributed by atoms with Crippen LogP contribution < -0.4 is 4.74 Å². The van der Waals surface area contributed by atoms with E-state index in [9.17, 15) is 14.7 Å². The van der Waals surface area contributed by atoms with Gasteiger partial charge in [0.2, 0.25) is 5.91 Å². The first kappa shape index (κ1) is 26.1. The van der Waals surface area contributed by atoms with Crippen molar-refractivity contribution in [2.75, 3.05) is 13.7 Å². The molecule has 1 fully saturated rings. The molecule has 5 nitrogen and oxygen atoms in total. The topological polar surface area (TPSA) is 66.8 Å². The van der Waals surface area contributed by atoms with Gasteiger partial charge in [-0.15, -0.1) is 0 Å². The van der Waals surface area contributed by atoms with E-state index in [0.717, 1.165) is 54.2 Å². The summed E-state index contributed by atoms with van der Waals surface area (Å²) in [5.41, 5.74) is 0.514. The minimum absolute atomic E-state index is 0.0884. The Labute approximate surface area is 204 Å². The summed E-state index contributed by atoms with van der Waals surface area (Å²) in [5, 5.41) is 12.5. The van der Waals surface area contributed by atoms with Crippen molar-refractivity contribution in [3.63, 3.8) is 0 Å². The Hall–Kier alpha value is -2.56. The SMILES string of the molecule is CCCC(C)C1(C(C)CCC)CCN(C(=O)[C@@H](C)c2ccc3cc(OC)ccc3c2)[C@@H]1C(=O)O. The summed E-state index contributed by atoms with van der Waals surface area (Å²) in [6.45, 7) is 11.1. The van der Waals surface area contributed by atoms with Crippen LogP contribution in [-0.4, -0.2) is 41.6 Å². The fourth-order valence-electron chi connectivity index (χ4n) is 6.42. The molecule has 0 bridgehead atoms. The number of methoxy groups -OCH3 is 1. The molecule has 186 valence electrons. The summed E-state index contributed by atoms with van der Waals surface area (Å²) < 4.78 is 5.32. The molecule has 4 atom stereocenters. The quantitative estimate of drug-likeness (QED) is 0.433. The monoisotopic (exact) mass is 467 g/mol. The van der Waals surface area contributed by atoms with E-state index in [1.807, 2.05) is 43.3 Å². The van der Waals surface area contributed by atoms with Gasteiger partial charge < -0.3 is 14.7 Å². The van der Waals surface area contributed by atoms with E-state index in [2.05, 4.69) is 27.7 Å². The standard InChI is InChI=1S/C29H41NO4/c1-7-9-19(3)29(20(4)10-8-2)15-16-30(26(29)28(32)33)27(31)21(5)22-11-12-24-18-25(34-6)14-13-23(24)17-22/h11-14,17-21,26H,7-10,15-16H2,1-6H3,(H,32,33)/t19?,20?,21-,26+,29?/m0/s1. The Bertz CT molecular complexity index is 1000. The number of benzene rings is 2. The number of amides is 1. The number of aliphatic carboxylic acids is 1. The van der Waals surface area contributed by atoms with Gasteiger partial charge in [-0.2, -0.15) is 0 Å². The molecule has 1 N–H and O–H groups in total. The average molecular weight is 468 g/mol. The Balaban J connectivity index is 1.95. The summed E-state index contributed by atoms with van der Waals surface area (Å²) in [7, 11) is 1.65. The van der Waals surface area contributed by atoms with Gasteiger partial charge in [0.05, 0.1) is 13.0 Å². The number of hydrogen-bond acceptors (Lipinski definition) is 3. The molecule has 34 heavy (non-hydrogen) atoms. The van der Waals surface area contributed by atoms with Crippen molar-refractivity contribution in [1.29, 1.82) is 0 Å². The van der Waals surface area contributed by atoms with Gasteiger partial charge in [-0.1, -0.05) is 77.6 Å². The molecule has 2 aromatic carbocycles. The second-order valence-corrected chi connectivity index (χ2v) is 10.2. The van der Waals surface area contributed by atoms with Crippen LogP contribution in [0.15, 0.2) is 36.4 Å². The first-order valence-corrected chi connectivity index (χ1v) is 12.8. The van der Waals surface area contributed by atoms with Crippen molar-refractivity contribution in [3.05, 3.63) is 42.0 Å². The number of nitrogens with zero attached hydrogens (tertiary/aromatic N) is 1. The van der Waals surface area contributed by atoms with Crippen LogP contribution in [0.3, 0.4) is 0 Å². The molecule has 0 aliphatic carbocycles. The Morgan fingerprint density at radius 1 is 1.03 bits per heavy atom. The van der Waals surface area contributed by atoms with E-state index in [4.69, 9.17) is 4.74 Å². The lowest BCUT2D eigenvalue weighted by Gasteiger charge is -2.45. The molecule has 1 amide bonds. The van der Waals surface area contributed by atoms with Gasteiger partial charge in [-0.3, -0.25) is 4.79 Å². The fourth-order valence-corrected chi connectivity index (χ4v) is 6.42. The number of hydrogen-bond donors (Lipinski definition) is 1. The zero-order valence-electron chi connectivity index (χ0n) is 21.6. The van der Waals surface area contributed by atoms with Crippen molar-refractivity contribution in [2.45, 2.75) is 78.7 Å². The second kappa shape index (κ2) is 10.8. The minimum Gasteiger partial charge on any atom is -0.497 e. The highest BCUT2D eigenvalue weighted by Crippen LogP contribution is 2.52. The maximum Gasteiger partial charge on any atom is 0.327 e. The Kier molecular flexibility index (Phi) is 8.27. The maximum atomic E-state index is 13.8. The van der Waals surface area contributed by atoms with Crippen molar-refractivity contribution < 1.29 is 19.4 Å². The van der Waals surface area contributed by atoms with Crippen molar-refractivity contribution >= 4 is 22.6 Å². The number of carbonyl (C=O) groups is 2. The molecule has 0 saturated carbocycles. The highest BCUT2D eigenvalue weighted by Gasteiger charge is 2.57. The van der Waals surface area contributed by atoms with E-state index in [-0.39, 0.29) is 17.7 Å². The van der Waals surface area contributed by atoms with Gasteiger partial charge >= 0.3 is 5.97 Å². The van der Waals surface area contributed by atoms with E-state index >= 15 is 0 Å². The molecular weight excluding hydrogens is 426 g/mol. The van der Waals surface area contributed by atoms with Crippen LogP contribution in [0.4, 0.5) is 0 Å². The number of likely N-dealkylation sites (tertiary alicyclic amines) is 1. The number of carboxylic acid groups (broad SMARTS) is 1. The molecule has 2 unspecified atom stereocenters. The van der Waals surface area contributed by atoms with E-state index in [1.54, 1.807) is 12.0 Å². The summed E-state index contributed by atoms with van der Waals surface area (Å²) >= 11 is 0. The van der Waals surface area contributed by atoms with E-state index in [0.29, 0.717) is 6.54 Å². The van der Waals surface area contributed by atoms with E-state index in [1.165, 1.54) is 0 Å². The van der Waals surface area contributed by atoms with Crippen LogP contribution in [0.2, 0.25) is 0 Å². The molecule has 2 aromatic rings.